The van der Waals surface area contributed by atoms with Crippen LogP contribution in [0.2, 0.25) is 0 Å². The van der Waals surface area contributed by atoms with Crippen molar-refractivity contribution in [2.45, 2.75) is 77.3 Å². The highest BCUT2D eigenvalue weighted by molar-refractivity contribution is 8.14. The highest BCUT2D eigenvalue weighted by Crippen LogP contribution is 2.26. The van der Waals surface area contributed by atoms with E-state index in [4.69, 9.17) is 4.74 Å². The Morgan fingerprint density at radius 3 is 2.48 bits per heavy atom. The van der Waals surface area contributed by atoms with Crippen molar-refractivity contribution in [3.8, 4) is 0 Å². The predicted octanol–water partition coefficient (Wildman–Crippen LogP) is 2.28. The average molecular weight is 453 g/mol. The molecule has 174 valence electrons. The van der Waals surface area contributed by atoms with Gasteiger partial charge in [-0.25, -0.2) is 5.43 Å². The first-order valence-corrected chi connectivity index (χ1v) is 12.7. The maximum Gasteiger partial charge on any atom is 0.309 e. The Hall–Kier alpha value is -1.61. The smallest absolute Gasteiger partial charge is 0.309 e. The second-order valence-electron chi connectivity index (χ2n) is 8.63. The number of carbonyl (C=O) groups excluding carboxylic acids is 3. The molecule has 2 saturated heterocycles. The summed E-state index contributed by atoms with van der Waals surface area (Å²) in [6, 6.07) is -0.424. The molecule has 2 amide bonds. The van der Waals surface area contributed by atoms with Gasteiger partial charge in [0, 0.05) is 37.5 Å². The summed E-state index contributed by atoms with van der Waals surface area (Å²) in [6.07, 6.45) is 7.24. The number of thioether (sulfide) groups is 1. The van der Waals surface area contributed by atoms with Crippen LogP contribution in [0.1, 0.15) is 65.2 Å². The van der Waals surface area contributed by atoms with Gasteiger partial charge in [-0.1, -0.05) is 37.9 Å². The topological polar surface area (TPSA) is 100 Å². The van der Waals surface area contributed by atoms with E-state index in [1.54, 1.807) is 11.8 Å². The fourth-order valence-electron chi connectivity index (χ4n) is 4.71. The minimum atomic E-state index is -0.819. The van der Waals surface area contributed by atoms with Gasteiger partial charge < -0.3 is 15.0 Å². The zero-order chi connectivity index (χ0) is 22.2. The maximum atomic E-state index is 13.1. The van der Waals surface area contributed by atoms with Crippen LogP contribution in [0.25, 0.3) is 0 Å². The van der Waals surface area contributed by atoms with E-state index < -0.39 is 17.7 Å². The van der Waals surface area contributed by atoms with E-state index in [1.807, 2.05) is 0 Å². The third kappa shape index (κ3) is 6.22. The molecule has 2 N–H and O–H groups in total. The van der Waals surface area contributed by atoms with Gasteiger partial charge in [-0.3, -0.25) is 14.4 Å². The monoisotopic (exact) mass is 452 g/mol. The van der Waals surface area contributed by atoms with Crippen molar-refractivity contribution in [1.82, 2.24) is 15.6 Å². The first-order valence-electron chi connectivity index (χ1n) is 11.7. The molecule has 3 fully saturated rings. The molecule has 0 radical (unpaired) electrons. The van der Waals surface area contributed by atoms with E-state index in [2.05, 4.69) is 34.6 Å². The van der Waals surface area contributed by atoms with Gasteiger partial charge in [-0.2, -0.15) is 0 Å². The van der Waals surface area contributed by atoms with Crippen molar-refractivity contribution in [2.75, 3.05) is 25.5 Å². The van der Waals surface area contributed by atoms with Gasteiger partial charge in [0.05, 0.1) is 0 Å². The van der Waals surface area contributed by atoms with Crippen LogP contribution in [-0.2, 0) is 19.1 Å². The summed E-state index contributed by atoms with van der Waals surface area (Å²) >= 11 is 1.59. The number of rotatable bonds is 8. The summed E-state index contributed by atoms with van der Waals surface area (Å²) in [6.45, 7) is 6.07. The van der Waals surface area contributed by atoms with Gasteiger partial charge in [0.2, 0.25) is 11.7 Å². The molecule has 0 spiro atoms. The highest BCUT2D eigenvalue weighted by Gasteiger charge is 2.37. The number of hydrazone groups is 1. The number of nitrogens with zero attached hydrogens (tertiary/aromatic N) is 2. The summed E-state index contributed by atoms with van der Waals surface area (Å²) < 4.78 is 5.42. The molecule has 0 aromatic heterocycles. The summed E-state index contributed by atoms with van der Waals surface area (Å²) in [7, 11) is 0. The fourth-order valence-corrected chi connectivity index (χ4v) is 6.02. The minimum Gasteiger partial charge on any atom is -0.381 e. The Labute approximate surface area is 189 Å². The van der Waals surface area contributed by atoms with Crippen LogP contribution < -0.4 is 10.7 Å². The van der Waals surface area contributed by atoms with Crippen LogP contribution in [0, 0.1) is 11.8 Å². The van der Waals surface area contributed by atoms with E-state index in [9.17, 15) is 14.4 Å². The molecule has 3 rings (SSSR count). The van der Waals surface area contributed by atoms with E-state index in [0.717, 1.165) is 56.0 Å². The zero-order valence-corrected chi connectivity index (χ0v) is 19.5. The molecule has 9 heteroatoms. The molecule has 1 aliphatic carbocycles. The predicted molar refractivity (Wildman–Crippen MR) is 122 cm³/mol. The number of ketones is 1. The van der Waals surface area contributed by atoms with E-state index in [0.29, 0.717) is 32.1 Å². The Kier molecular flexibility index (Phi) is 9.19. The van der Waals surface area contributed by atoms with E-state index >= 15 is 0 Å². The first kappa shape index (κ1) is 24.0. The maximum absolute atomic E-state index is 13.1. The average Bonchev–Trinajstić information content (AvgIpc) is 3.23. The zero-order valence-electron chi connectivity index (χ0n) is 18.7. The van der Waals surface area contributed by atoms with Crippen molar-refractivity contribution >= 4 is 34.5 Å². The van der Waals surface area contributed by atoms with Crippen molar-refractivity contribution in [3.05, 3.63) is 0 Å². The van der Waals surface area contributed by atoms with Gasteiger partial charge in [-0.05, 0) is 44.9 Å². The molecule has 8 nitrogen and oxygen atoms in total. The van der Waals surface area contributed by atoms with Gasteiger partial charge in [0.1, 0.15) is 6.04 Å². The number of amides is 2. The quantitative estimate of drug-likeness (QED) is 0.433. The molecule has 2 heterocycles. The molecule has 0 aromatic carbocycles. The van der Waals surface area contributed by atoms with Crippen molar-refractivity contribution < 1.29 is 19.1 Å². The Balaban J connectivity index is 1.66. The van der Waals surface area contributed by atoms with Crippen LogP contribution in [0.4, 0.5) is 0 Å². The van der Waals surface area contributed by atoms with Gasteiger partial charge >= 0.3 is 5.91 Å². The fraction of sp³-hybridized carbons (Fsp3) is 0.818. The summed E-state index contributed by atoms with van der Waals surface area (Å²) in [5.41, 5.74) is 2.46. The van der Waals surface area contributed by atoms with Gasteiger partial charge in [0.25, 0.3) is 0 Å². The Morgan fingerprint density at radius 2 is 1.84 bits per heavy atom. The lowest BCUT2D eigenvalue weighted by Crippen LogP contribution is -2.53. The number of carbonyl (C=O) groups is 3. The van der Waals surface area contributed by atoms with Crippen LogP contribution in [-0.4, -0.2) is 65.3 Å². The molecule has 2 atom stereocenters. The molecule has 1 saturated carbocycles. The second kappa shape index (κ2) is 11.9. The number of Topliss-reactive ketones (excluding diaryl/α,β-unsaturated/α-hetero) is 1. The number of ether oxygens (including phenoxy) is 1. The Bertz CT molecular complexity index is 674. The number of hydrogen-bond acceptors (Lipinski definition) is 6. The molecule has 31 heavy (non-hydrogen) atoms. The van der Waals surface area contributed by atoms with Gasteiger partial charge in [-0.15, -0.1) is 5.10 Å². The molecule has 0 aromatic rings. The SMILES string of the molecule is CC[C@@H]1CSC(=NNC(=O)C(=O)[C@H](NC(=O)C2CCCCC2)C2CCOCC2)N1CC. The summed E-state index contributed by atoms with van der Waals surface area (Å²) in [4.78, 5) is 40.8. The van der Waals surface area contributed by atoms with Crippen LogP contribution >= 0.6 is 11.8 Å². The lowest BCUT2D eigenvalue weighted by Gasteiger charge is -2.31. The highest BCUT2D eigenvalue weighted by atomic mass is 32.2. The van der Waals surface area contributed by atoms with E-state index in [1.165, 1.54) is 0 Å². The summed E-state index contributed by atoms with van der Waals surface area (Å²) in [5.74, 6) is -0.702. The molecular formula is C22H36N4O4S. The number of nitrogens with one attached hydrogen (secondary N) is 2. The molecular weight excluding hydrogens is 416 g/mol. The minimum absolute atomic E-state index is 0.0637. The van der Waals surface area contributed by atoms with E-state index in [-0.39, 0.29) is 17.7 Å². The van der Waals surface area contributed by atoms with Crippen LogP contribution in [0.15, 0.2) is 5.10 Å². The summed E-state index contributed by atoms with van der Waals surface area (Å²) in [5, 5.41) is 7.91. The molecule has 3 aliphatic rings. The van der Waals surface area contributed by atoms with Gasteiger partial charge in [0.15, 0.2) is 5.17 Å². The lowest BCUT2D eigenvalue weighted by molar-refractivity contribution is -0.142. The number of hydrogen-bond donors (Lipinski definition) is 2. The largest absolute Gasteiger partial charge is 0.381 e. The standard InChI is InChI=1S/C22H36N4O4S/c1-3-17-14-31-22(26(17)4-2)25-24-21(29)19(27)18(15-10-12-30-13-11-15)23-20(28)16-8-6-5-7-9-16/h15-18H,3-14H2,1-2H3,(H,23,28)(H,24,29)/t17-,18-/m1/s1. The lowest BCUT2D eigenvalue weighted by atomic mass is 9.85. The van der Waals surface area contributed by atoms with Crippen LogP contribution in [0.5, 0.6) is 0 Å². The molecule has 0 unspecified atom stereocenters. The first-order chi connectivity index (χ1) is 15.0. The van der Waals surface area contributed by atoms with Crippen molar-refractivity contribution in [3.63, 3.8) is 0 Å². The second-order valence-corrected chi connectivity index (χ2v) is 9.62. The van der Waals surface area contributed by atoms with Crippen molar-refractivity contribution in [1.29, 1.82) is 0 Å². The third-order valence-electron chi connectivity index (χ3n) is 6.67. The third-order valence-corrected chi connectivity index (χ3v) is 7.81. The van der Waals surface area contributed by atoms with Crippen molar-refractivity contribution in [2.24, 2.45) is 16.9 Å². The molecule has 0 bridgehead atoms. The normalized spacial score (nSPS) is 25.4. The molecule has 2 aliphatic heterocycles. The van der Waals surface area contributed by atoms with Crippen LogP contribution in [0.3, 0.4) is 0 Å². The Morgan fingerprint density at radius 1 is 1.13 bits per heavy atom. The number of amidine groups is 1.